The van der Waals surface area contributed by atoms with Gasteiger partial charge in [0, 0.05) is 30.7 Å². The lowest BCUT2D eigenvalue weighted by atomic mass is 9.78. The van der Waals surface area contributed by atoms with E-state index in [0.717, 1.165) is 24.6 Å². The SMILES string of the molecule is CCC1(C)CCN(c2cc(CN)cc(C(C)(C)C)n2)CC1. The summed E-state index contributed by atoms with van der Waals surface area (Å²) < 4.78 is 0. The first-order chi connectivity index (χ1) is 9.77. The lowest BCUT2D eigenvalue weighted by Gasteiger charge is -2.40. The molecule has 3 nitrogen and oxygen atoms in total. The number of nitrogens with two attached hydrogens (primary N) is 1. The smallest absolute Gasteiger partial charge is 0.129 e. The lowest BCUT2D eigenvalue weighted by molar-refractivity contribution is 0.237. The normalized spacial score (nSPS) is 18.9. The summed E-state index contributed by atoms with van der Waals surface area (Å²) in [5.41, 5.74) is 8.78. The van der Waals surface area contributed by atoms with E-state index in [1.807, 2.05) is 0 Å². The van der Waals surface area contributed by atoms with Crippen LogP contribution in [-0.2, 0) is 12.0 Å². The number of pyridine rings is 1. The average Bonchev–Trinajstić information content (AvgIpc) is 2.46. The molecule has 1 saturated heterocycles. The van der Waals surface area contributed by atoms with Gasteiger partial charge in [-0.2, -0.15) is 0 Å². The van der Waals surface area contributed by atoms with Crippen LogP contribution < -0.4 is 10.6 Å². The minimum Gasteiger partial charge on any atom is -0.357 e. The van der Waals surface area contributed by atoms with Crippen molar-refractivity contribution in [2.24, 2.45) is 11.1 Å². The monoisotopic (exact) mass is 289 g/mol. The van der Waals surface area contributed by atoms with Gasteiger partial charge in [-0.25, -0.2) is 4.98 Å². The van der Waals surface area contributed by atoms with E-state index in [0.29, 0.717) is 12.0 Å². The molecule has 1 aromatic rings. The maximum atomic E-state index is 5.88. The number of piperidine rings is 1. The van der Waals surface area contributed by atoms with Crippen LogP contribution in [0.4, 0.5) is 5.82 Å². The molecule has 0 bridgehead atoms. The Morgan fingerprint density at radius 3 is 2.33 bits per heavy atom. The van der Waals surface area contributed by atoms with Crippen molar-refractivity contribution in [3.05, 3.63) is 23.4 Å². The number of nitrogens with zero attached hydrogens (tertiary/aromatic N) is 2. The van der Waals surface area contributed by atoms with Crippen LogP contribution in [0, 0.1) is 5.41 Å². The van der Waals surface area contributed by atoms with Gasteiger partial charge in [0.25, 0.3) is 0 Å². The predicted octanol–water partition coefficient (Wildman–Crippen LogP) is 3.85. The molecule has 1 aliphatic rings. The molecule has 2 rings (SSSR count). The van der Waals surface area contributed by atoms with E-state index in [-0.39, 0.29) is 5.41 Å². The Morgan fingerprint density at radius 2 is 1.86 bits per heavy atom. The average molecular weight is 289 g/mol. The van der Waals surface area contributed by atoms with Crippen LogP contribution in [0.2, 0.25) is 0 Å². The van der Waals surface area contributed by atoms with Crippen molar-refractivity contribution in [1.29, 1.82) is 0 Å². The number of rotatable bonds is 3. The standard InChI is InChI=1S/C18H31N3/c1-6-18(5)7-9-21(10-8-18)16-12-14(13-19)11-15(20-16)17(2,3)4/h11-12H,6-10,13,19H2,1-5H3. The van der Waals surface area contributed by atoms with Crippen LogP contribution in [0.15, 0.2) is 12.1 Å². The van der Waals surface area contributed by atoms with E-state index in [1.54, 1.807) is 0 Å². The zero-order chi connectivity index (χ0) is 15.7. The highest BCUT2D eigenvalue weighted by Gasteiger charge is 2.29. The first-order valence-electron chi connectivity index (χ1n) is 8.24. The molecule has 0 spiro atoms. The summed E-state index contributed by atoms with van der Waals surface area (Å²) in [4.78, 5) is 7.36. The molecule has 21 heavy (non-hydrogen) atoms. The van der Waals surface area contributed by atoms with Gasteiger partial charge in [-0.1, -0.05) is 41.0 Å². The molecule has 0 radical (unpaired) electrons. The second-order valence-corrected chi connectivity index (χ2v) is 7.82. The summed E-state index contributed by atoms with van der Waals surface area (Å²) in [6.45, 7) is 14.1. The summed E-state index contributed by atoms with van der Waals surface area (Å²) >= 11 is 0. The van der Waals surface area contributed by atoms with Crippen LogP contribution in [0.5, 0.6) is 0 Å². The van der Waals surface area contributed by atoms with Crippen molar-refractivity contribution in [3.8, 4) is 0 Å². The zero-order valence-electron chi connectivity index (χ0n) is 14.4. The number of aromatic nitrogens is 1. The summed E-state index contributed by atoms with van der Waals surface area (Å²) in [6, 6.07) is 4.33. The Kier molecular flexibility index (Phi) is 4.62. The maximum absolute atomic E-state index is 5.88. The van der Waals surface area contributed by atoms with E-state index < -0.39 is 0 Å². The fourth-order valence-corrected chi connectivity index (χ4v) is 2.86. The predicted molar refractivity (Wildman–Crippen MR) is 90.7 cm³/mol. The molecule has 3 heteroatoms. The third-order valence-electron chi connectivity index (χ3n) is 5.02. The van der Waals surface area contributed by atoms with Crippen LogP contribution in [0.25, 0.3) is 0 Å². The van der Waals surface area contributed by atoms with Crippen molar-refractivity contribution in [2.75, 3.05) is 18.0 Å². The van der Waals surface area contributed by atoms with Crippen LogP contribution in [0.3, 0.4) is 0 Å². The minimum atomic E-state index is 0.0631. The molecule has 0 unspecified atom stereocenters. The Bertz CT molecular complexity index is 480. The number of hydrogen-bond acceptors (Lipinski definition) is 3. The van der Waals surface area contributed by atoms with Gasteiger partial charge >= 0.3 is 0 Å². The number of hydrogen-bond donors (Lipinski definition) is 1. The lowest BCUT2D eigenvalue weighted by Crippen LogP contribution is -2.39. The van der Waals surface area contributed by atoms with E-state index in [9.17, 15) is 0 Å². The van der Waals surface area contributed by atoms with E-state index >= 15 is 0 Å². The third kappa shape index (κ3) is 3.76. The Morgan fingerprint density at radius 1 is 1.24 bits per heavy atom. The van der Waals surface area contributed by atoms with Gasteiger partial charge in [0.1, 0.15) is 5.82 Å². The highest BCUT2D eigenvalue weighted by molar-refractivity contribution is 5.44. The van der Waals surface area contributed by atoms with Crippen LogP contribution in [0.1, 0.15) is 65.1 Å². The van der Waals surface area contributed by atoms with Crippen LogP contribution >= 0.6 is 0 Å². The first-order valence-corrected chi connectivity index (χ1v) is 8.24. The zero-order valence-corrected chi connectivity index (χ0v) is 14.4. The first kappa shape index (κ1) is 16.3. The molecule has 0 saturated carbocycles. The van der Waals surface area contributed by atoms with E-state index in [2.05, 4.69) is 51.7 Å². The largest absolute Gasteiger partial charge is 0.357 e. The molecule has 0 amide bonds. The molecule has 0 atom stereocenters. The van der Waals surface area contributed by atoms with Gasteiger partial charge in [-0.3, -0.25) is 0 Å². The van der Waals surface area contributed by atoms with Gasteiger partial charge in [-0.05, 0) is 36.0 Å². The summed E-state index contributed by atoms with van der Waals surface area (Å²) in [6.07, 6.45) is 3.77. The second-order valence-electron chi connectivity index (χ2n) is 7.82. The molecule has 2 heterocycles. The molecular weight excluding hydrogens is 258 g/mol. The molecule has 1 aliphatic heterocycles. The minimum absolute atomic E-state index is 0.0631. The highest BCUT2D eigenvalue weighted by atomic mass is 15.2. The van der Waals surface area contributed by atoms with Crippen molar-refractivity contribution < 1.29 is 0 Å². The van der Waals surface area contributed by atoms with E-state index in [4.69, 9.17) is 10.7 Å². The quantitative estimate of drug-likeness (QED) is 0.919. The number of anilines is 1. The maximum Gasteiger partial charge on any atom is 0.129 e. The van der Waals surface area contributed by atoms with Gasteiger partial charge in [-0.15, -0.1) is 0 Å². The molecule has 118 valence electrons. The summed E-state index contributed by atoms with van der Waals surface area (Å²) in [5, 5.41) is 0. The molecule has 1 aromatic heterocycles. The summed E-state index contributed by atoms with van der Waals surface area (Å²) in [7, 11) is 0. The molecule has 1 fully saturated rings. The Labute approximate surface area is 129 Å². The van der Waals surface area contributed by atoms with Crippen molar-refractivity contribution in [3.63, 3.8) is 0 Å². The van der Waals surface area contributed by atoms with Crippen molar-refractivity contribution in [2.45, 2.75) is 65.8 Å². The third-order valence-corrected chi connectivity index (χ3v) is 5.02. The van der Waals surface area contributed by atoms with Gasteiger partial charge < -0.3 is 10.6 Å². The fraction of sp³-hybridized carbons (Fsp3) is 0.722. The molecule has 2 N–H and O–H groups in total. The van der Waals surface area contributed by atoms with Crippen LogP contribution in [-0.4, -0.2) is 18.1 Å². The van der Waals surface area contributed by atoms with Crippen molar-refractivity contribution in [1.82, 2.24) is 4.98 Å². The molecule has 0 aromatic carbocycles. The fourth-order valence-electron chi connectivity index (χ4n) is 2.86. The van der Waals surface area contributed by atoms with Gasteiger partial charge in [0.15, 0.2) is 0 Å². The Hall–Kier alpha value is -1.09. The van der Waals surface area contributed by atoms with Crippen molar-refractivity contribution >= 4 is 5.82 Å². The molecular formula is C18H31N3. The van der Waals surface area contributed by atoms with Gasteiger partial charge in [0.05, 0.1) is 0 Å². The second kappa shape index (κ2) is 5.96. The summed E-state index contributed by atoms with van der Waals surface area (Å²) in [5.74, 6) is 1.11. The topological polar surface area (TPSA) is 42.1 Å². The van der Waals surface area contributed by atoms with E-state index in [1.165, 1.54) is 24.8 Å². The van der Waals surface area contributed by atoms with Gasteiger partial charge in [0.2, 0.25) is 0 Å². The Balaban J connectivity index is 2.24. The highest BCUT2D eigenvalue weighted by Crippen LogP contribution is 2.35. The molecule has 0 aliphatic carbocycles.